The van der Waals surface area contributed by atoms with Crippen LogP contribution in [0.25, 0.3) is 11.0 Å². The van der Waals surface area contributed by atoms with Crippen LogP contribution in [0.2, 0.25) is 0 Å². The minimum absolute atomic E-state index is 0.0868. The second-order valence-electron chi connectivity index (χ2n) is 8.22. The van der Waals surface area contributed by atoms with Gasteiger partial charge in [-0.2, -0.15) is 13.2 Å². The van der Waals surface area contributed by atoms with Gasteiger partial charge in [-0.1, -0.05) is 6.08 Å². The Labute approximate surface area is 190 Å². The Balaban J connectivity index is 1.38. The predicted molar refractivity (Wildman–Crippen MR) is 115 cm³/mol. The predicted octanol–water partition coefficient (Wildman–Crippen LogP) is 2.43. The maximum absolute atomic E-state index is 15.0. The maximum atomic E-state index is 15.0. The molecule has 9 nitrogen and oxygen atoms in total. The molecule has 1 saturated heterocycles. The van der Waals surface area contributed by atoms with E-state index in [1.807, 2.05) is 4.90 Å². The highest BCUT2D eigenvalue weighted by atomic mass is 19.4. The van der Waals surface area contributed by atoms with Crippen LogP contribution in [0, 0.1) is 5.82 Å². The first-order valence-electron chi connectivity index (χ1n) is 10.7. The number of fused-ring (bicyclic) bond motifs is 1. The molecule has 1 N–H and O–H groups in total. The molecular formula is C21H21F4N7O2. The summed E-state index contributed by atoms with van der Waals surface area (Å²) in [7, 11) is 1.63. The summed E-state index contributed by atoms with van der Waals surface area (Å²) in [5.74, 6) is -2.60. The lowest BCUT2D eigenvalue weighted by Crippen LogP contribution is -2.43. The number of nitrogens with zero attached hydrogens (tertiary/aromatic N) is 6. The van der Waals surface area contributed by atoms with E-state index in [2.05, 4.69) is 20.5 Å². The quantitative estimate of drug-likeness (QED) is 0.578. The molecule has 0 aliphatic carbocycles. The summed E-state index contributed by atoms with van der Waals surface area (Å²) in [6, 6.07) is 3.05. The molecule has 0 amide bonds. The number of hydrogen-bond donors (Lipinski definition) is 1. The molecule has 0 saturated carbocycles. The van der Waals surface area contributed by atoms with Crippen molar-refractivity contribution in [2.45, 2.75) is 25.1 Å². The Kier molecular flexibility index (Phi) is 5.50. The Hall–Kier alpha value is -3.48. The van der Waals surface area contributed by atoms with Gasteiger partial charge in [-0.3, -0.25) is 14.1 Å². The summed E-state index contributed by atoms with van der Waals surface area (Å²) in [5.41, 5.74) is 1.69. The Morgan fingerprint density at radius 1 is 1.18 bits per heavy atom. The van der Waals surface area contributed by atoms with E-state index in [9.17, 15) is 22.4 Å². The van der Waals surface area contributed by atoms with Crippen molar-refractivity contribution in [3.63, 3.8) is 0 Å². The van der Waals surface area contributed by atoms with Crippen LogP contribution in [0.1, 0.15) is 24.1 Å². The number of halogens is 4. The van der Waals surface area contributed by atoms with Gasteiger partial charge in [-0.05, 0) is 12.5 Å². The minimum atomic E-state index is -4.71. The smallest absolute Gasteiger partial charge is 0.417 e. The van der Waals surface area contributed by atoms with Gasteiger partial charge in [0.05, 0.1) is 34.9 Å². The number of aromatic nitrogens is 4. The van der Waals surface area contributed by atoms with Crippen molar-refractivity contribution in [2.24, 2.45) is 12.0 Å². The zero-order chi connectivity index (χ0) is 24.0. The maximum Gasteiger partial charge on any atom is 0.470 e. The molecule has 1 fully saturated rings. The van der Waals surface area contributed by atoms with E-state index in [0.29, 0.717) is 35.5 Å². The monoisotopic (exact) mass is 479 g/mol. The second kappa shape index (κ2) is 8.38. The summed E-state index contributed by atoms with van der Waals surface area (Å²) < 4.78 is 60.7. The van der Waals surface area contributed by atoms with E-state index >= 15 is 0 Å². The molecule has 180 valence electrons. The van der Waals surface area contributed by atoms with Gasteiger partial charge in [0.25, 0.3) is 0 Å². The summed E-state index contributed by atoms with van der Waals surface area (Å²) in [4.78, 5) is 19.1. The first-order chi connectivity index (χ1) is 16.2. The number of rotatable bonds is 4. The van der Waals surface area contributed by atoms with E-state index in [4.69, 9.17) is 4.42 Å². The number of aliphatic imine (C=N–C) groups is 1. The van der Waals surface area contributed by atoms with Crippen molar-refractivity contribution >= 4 is 22.9 Å². The molecule has 34 heavy (non-hydrogen) atoms. The SMILES string of the molecule is Cn1c(=O)n(CC2=CCC(c3nnc(C(F)(F)F)o3)C=N2)c2cc(F)c(N3CCNCC3)cc21. The van der Waals surface area contributed by atoms with Crippen molar-refractivity contribution in [1.29, 1.82) is 0 Å². The molecule has 1 unspecified atom stereocenters. The third-order valence-corrected chi connectivity index (χ3v) is 6.02. The van der Waals surface area contributed by atoms with Gasteiger partial charge in [0.15, 0.2) is 0 Å². The van der Waals surface area contributed by atoms with Crippen molar-refractivity contribution in [3.8, 4) is 0 Å². The van der Waals surface area contributed by atoms with E-state index < -0.39 is 23.8 Å². The average Bonchev–Trinajstić information content (AvgIpc) is 3.40. The van der Waals surface area contributed by atoms with Crippen molar-refractivity contribution in [2.75, 3.05) is 31.1 Å². The van der Waals surface area contributed by atoms with Gasteiger partial charge >= 0.3 is 17.8 Å². The van der Waals surface area contributed by atoms with Gasteiger partial charge in [0, 0.05) is 45.5 Å². The zero-order valence-electron chi connectivity index (χ0n) is 18.1. The van der Waals surface area contributed by atoms with E-state index in [0.717, 1.165) is 13.1 Å². The molecule has 2 aliphatic heterocycles. The van der Waals surface area contributed by atoms with Crippen LogP contribution < -0.4 is 15.9 Å². The number of allylic oxidation sites excluding steroid dienone is 2. The van der Waals surface area contributed by atoms with Crippen LogP contribution in [0.4, 0.5) is 23.2 Å². The fourth-order valence-electron chi connectivity index (χ4n) is 4.21. The minimum Gasteiger partial charge on any atom is -0.417 e. The molecule has 0 spiro atoms. The molecule has 3 aromatic rings. The highest BCUT2D eigenvalue weighted by Gasteiger charge is 2.38. The molecule has 0 bridgehead atoms. The first-order valence-corrected chi connectivity index (χ1v) is 10.7. The summed E-state index contributed by atoms with van der Waals surface area (Å²) in [6.07, 6.45) is -1.33. The van der Waals surface area contributed by atoms with Gasteiger partial charge < -0.3 is 14.6 Å². The molecule has 5 rings (SSSR count). The third-order valence-electron chi connectivity index (χ3n) is 6.02. The Bertz CT molecular complexity index is 1350. The average molecular weight is 479 g/mol. The lowest BCUT2D eigenvalue weighted by molar-refractivity contribution is -0.157. The number of imidazole rings is 1. The molecule has 4 heterocycles. The third kappa shape index (κ3) is 4.00. The lowest BCUT2D eigenvalue weighted by atomic mass is 10.0. The fourth-order valence-corrected chi connectivity index (χ4v) is 4.21. The van der Waals surface area contributed by atoms with Crippen LogP contribution in [0.5, 0.6) is 0 Å². The fraction of sp³-hybridized carbons (Fsp3) is 0.429. The number of piperazine rings is 1. The van der Waals surface area contributed by atoms with E-state index in [1.54, 1.807) is 19.2 Å². The number of nitrogens with one attached hydrogen (secondary N) is 1. The van der Waals surface area contributed by atoms with Crippen molar-refractivity contribution in [1.82, 2.24) is 24.6 Å². The number of aryl methyl sites for hydroxylation is 1. The number of benzene rings is 1. The highest BCUT2D eigenvalue weighted by Crippen LogP contribution is 2.31. The summed E-state index contributed by atoms with van der Waals surface area (Å²) in [6.45, 7) is 2.94. The molecule has 2 aromatic heterocycles. The van der Waals surface area contributed by atoms with E-state index in [1.165, 1.54) is 21.4 Å². The Morgan fingerprint density at radius 3 is 2.59 bits per heavy atom. The second-order valence-corrected chi connectivity index (χ2v) is 8.22. The van der Waals surface area contributed by atoms with Crippen LogP contribution >= 0.6 is 0 Å². The summed E-state index contributed by atoms with van der Waals surface area (Å²) >= 11 is 0. The normalized spacial score (nSPS) is 19.1. The highest BCUT2D eigenvalue weighted by molar-refractivity contribution is 5.81. The van der Waals surface area contributed by atoms with Gasteiger partial charge in [-0.25, -0.2) is 9.18 Å². The van der Waals surface area contributed by atoms with Gasteiger partial charge in [-0.15, -0.1) is 10.2 Å². The number of alkyl halides is 3. The molecule has 1 aromatic carbocycles. The zero-order valence-corrected chi connectivity index (χ0v) is 18.1. The number of hydrogen-bond acceptors (Lipinski definition) is 7. The lowest BCUT2D eigenvalue weighted by Gasteiger charge is -2.29. The summed E-state index contributed by atoms with van der Waals surface area (Å²) in [5, 5.41) is 9.72. The Morgan fingerprint density at radius 2 is 1.94 bits per heavy atom. The van der Waals surface area contributed by atoms with Crippen LogP contribution in [-0.4, -0.2) is 51.7 Å². The van der Waals surface area contributed by atoms with Crippen molar-refractivity contribution < 1.29 is 22.0 Å². The number of anilines is 1. The molecular weight excluding hydrogens is 458 g/mol. The molecule has 13 heteroatoms. The van der Waals surface area contributed by atoms with E-state index in [-0.39, 0.29) is 24.5 Å². The van der Waals surface area contributed by atoms with Gasteiger partial charge in [0.2, 0.25) is 5.89 Å². The molecule has 0 radical (unpaired) electrons. The van der Waals surface area contributed by atoms with Crippen molar-refractivity contribution in [3.05, 3.63) is 52.0 Å². The van der Waals surface area contributed by atoms with Crippen LogP contribution in [-0.2, 0) is 19.8 Å². The van der Waals surface area contributed by atoms with Crippen LogP contribution in [0.15, 0.2) is 38.1 Å². The first kappa shape index (κ1) is 22.3. The topological polar surface area (TPSA) is 93.5 Å². The molecule has 2 aliphatic rings. The largest absolute Gasteiger partial charge is 0.470 e. The molecule has 1 atom stereocenters. The standard InChI is InChI=1S/C21H21F4N7O2/c1-30-16-9-15(31-6-4-26-5-7-31)14(22)8-17(16)32(20(30)33)11-13-3-2-12(10-27-13)18-28-29-19(34-18)21(23,24)25/h3,8-10,12,26H,2,4-7,11H2,1H3. The van der Waals surface area contributed by atoms with Crippen LogP contribution in [0.3, 0.4) is 0 Å². The van der Waals surface area contributed by atoms with Gasteiger partial charge in [0.1, 0.15) is 5.82 Å².